The molecule has 2 aliphatic heterocycles. The van der Waals surface area contributed by atoms with Gasteiger partial charge in [-0.1, -0.05) is 42.5 Å². The average Bonchev–Trinajstić information content (AvgIpc) is 3.90. The van der Waals surface area contributed by atoms with Crippen LogP contribution in [0, 0.1) is 0 Å². The molecule has 0 bridgehead atoms. The number of ether oxygens (including phenoxy) is 1. The Morgan fingerprint density at radius 3 is 2.52 bits per heavy atom. The number of aryl methyl sites for hydroxylation is 1. The van der Waals surface area contributed by atoms with Gasteiger partial charge in [-0.05, 0) is 49.0 Å². The summed E-state index contributed by atoms with van der Waals surface area (Å²) in [5.41, 5.74) is 2.16. The Morgan fingerprint density at radius 2 is 1.84 bits per heavy atom. The minimum atomic E-state index is -5.08. The minimum Gasteiger partial charge on any atom is -0.475 e. The third-order valence-electron chi connectivity index (χ3n) is 8.67. The van der Waals surface area contributed by atoms with Gasteiger partial charge in [-0.3, -0.25) is 4.57 Å². The zero-order valence-corrected chi connectivity index (χ0v) is 27.3. The van der Waals surface area contributed by atoms with Crippen LogP contribution in [-0.2, 0) is 22.6 Å². The summed E-state index contributed by atoms with van der Waals surface area (Å²) in [4.78, 5) is 29.2. The maximum Gasteiger partial charge on any atom is 0.490 e. The van der Waals surface area contributed by atoms with Gasteiger partial charge in [0.25, 0.3) is 0 Å². The molecule has 0 spiro atoms. The highest BCUT2D eigenvalue weighted by molar-refractivity contribution is 5.87. The van der Waals surface area contributed by atoms with Crippen LogP contribution in [0.25, 0.3) is 21.9 Å². The summed E-state index contributed by atoms with van der Waals surface area (Å²) in [5.74, 6) is -1.40. The van der Waals surface area contributed by atoms with E-state index in [-0.39, 0.29) is 5.82 Å². The highest BCUT2D eigenvalue weighted by Gasteiger charge is 2.47. The molecule has 5 atom stereocenters. The molecule has 0 amide bonds. The molecule has 16 nitrogen and oxygen atoms in total. The molecule has 0 saturated carbocycles. The standard InChI is InChI=1S/C29H35N11O3.C2HF3O2/c1-4-40-35-26(34-36-40)24-22(41)23(42)28(43-24)39-16-31-21-25(30-14-18-10-7-9-17-8-5-6-11-20(17)18)32-29(33-27(21)39)38-13-12-19(15-38)37(2)3;3-2(4,5)1(6)7/h5-11,16,19,22-24,28,41-42H,4,12-15H2,1-3H3,(H,30,32,33);(H,6,7)/t19-,22+,23-,24+,28-;/m1./s1. The summed E-state index contributed by atoms with van der Waals surface area (Å²) in [6.45, 7) is 4.54. The second kappa shape index (κ2) is 14.1. The van der Waals surface area contributed by atoms with E-state index in [4.69, 9.17) is 24.6 Å². The van der Waals surface area contributed by atoms with Crippen molar-refractivity contribution in [2.45, 2.75) is 63.2 Å². The van der Waals surface area contributed by atoms with Crippen molar-refractivity contribution in [1.29, 1.82) is 0 Å². The van der Waals surface area contributed by atoms with Gasteiger partial charge in [0.2, 0.25) is 11.8 Å². The SMILES string of the molecule is CCn1nnc([C@H]2O[C@@H](n3cnc4c(NCc5cccc6ccccc56)nc(N5CC[C@@H](N(C)C)C5)nc43)[C@H](O)[C@@H]2O)n1.O=C(O)C(F)(F)F. The number of halogens is 3. The molecular weight excluding hydrogens is 663 g/mol. The fraction of sp³-hybridized carbons (Fsp3) is 0.452. The van der Waals surface area contributed by atoms with Crippen LogP contribution < -0.4 is 10.2 Å². The first kappa shape index (κ1) is 34.9. The number of hydrogen-bond acceptors (Lipinski definition) is 13. The number of carbonyl (C=O) groups is 1. The summed E-state index contributed by atoms with van der Waals surface area (Å²) in [7, 11) is 4.16. The quantitative estimate of drug-likeness (QED) is 0.184. The van der Waals surface area contributed by atoms with Crippen LogP contribution in [0.1, 0.15) is 37.1 Å². The molecule has 266 valence electrons. The summed E-state index contributed by atoms with van der Waals surface area (Å²) in [6.07, 6.45) is -6.98. The highest BCUT2D eigenvalue weighted by atomic mass is 19.4. The fourth-order valence-electron chi connectivity index (χ4n) is 5.93. The highest BCUT2D eigenvalue weighted by Crippen LogP contribution is 2.39. The molecule has 2 fully saturated rings. The van der Waals surface area contributed by atoms with Crippen molar-refractivity contribution >= 4 is 39.7 Å². The number of likely N-dealkylation sites (N-methyl/N-ethyl adjacent to an activating group) is 1. The molecule has 5 heterocycles. The fourth-order valence-corrected chi connectivity index (χ4v) is 5.93. The van der Waals surface area contributed by atoms with Gasteiger partial charge in [-0.15, -0.1) is 10.2 Å². The van der Waals surface area contributed by atoms with Crippen LogP contribution in [0.3, 0.4) is 0 Å². The number of nitrogens with zero attached hydrogens (tertiary/aromatic N) is 10. The van der Waals surface area contributed by atoms with Gasteiger partial charge in [0.05, 0.1) is 12.9 Å². The van der Waals surface area contributed by atoms with E-state index in [1.54, 1.807) is 10.9 Å². The topological polar surface area (TPSA) is 193 Å². The van der Waals surface area contributed by atoms with Gasteiger partial charge >= 0.3 is 12.1 Å². The van der Waals surface area contributed by atoms with Crippen molar-refractivity contribution in [3.05, 3.63) is 60.2 Å². The van der Waals surface area contributed by atoms with Crippen LogP contribution in [0.2, 0.25) is 0 Å². The zero-order chi connectivity index (χ0) is 35.7. The molecule has 0 unspecified atom stereocenters. The Morgan fingerprint density at radius 1 is 1.10 bits per heavy atom. The van der Waals surface area contributed by atoms with E-state index in [2.05, 4.69) is 79.9 Å². The smallest absolute Gasteiger partial charge is 0.475 e. The van der Waals surface area contributed by atoms with E-state index in [0.717, 1.165) is 30.5 Å². The zero-order valence-electron chi connectivity index (χ0n) is 27.3. The van der Waals surface area contributed by atoms with Crippen LogP contribution >= 0.6 is 0 Å². The number of benzene rings is 2. The van der Waals surface area contributed by atoms with Crippen molar-refractivity contribution in [3.63, 3.8) is 0 Å². The van der Waals surface area contributed by atoms with E-state index < -0.39 is 36.7 Å². The number of aliphatic carboxylic acids is 1. The summed E-state index contributed by atoms with van der Waals surface area (Å²) < 4.78 is 39.5. The molecule has 3 aromatic heterocycles. The second-order valence-corrected chi connectivity index (χ2v) is 12.1. The number of aliphatic hydroxyl groups excluding tert-OH is 2. The van der Waals surface area contributed by atoms with E-state index in [1.165, 1.54) is 10.2 Å². The number of anilines is 2. The first-order valence-electron chi connectivity index (χ1n) is 15.8. The number of alkyl halides is 3. The normalized spacial score (nSPS) is 22.3. The van der Waals surface area contributed by atoms with E-state index >= 15 is 0 Å². The Hall–Kier alpha value is -4.98. The van der Waals surface area contributed by atoms with E-state index in [9.17, 15) is 23.4 Å². The summed E-state index contributed by atoms with van der Waals surface area (Å²) in [5, 5.41) is 47.3. The van der Waals surface area contributed by atoms with E-state index in [1.807, 2.05) is 19.1 Å². The molecule has 4 N–H and O–H groups in total. The van der Waals surface area contributed by atoms with Crippen LogP contribution in [0.15, 0.2) is 48.8 Å². The van der Waals surface area contributed by atoms with Gasteiger partial charge in [0.15, 0.2) is 29.3 Å². The first-order chi connectivity index (χ1) is 23.8. The molecule has 7 rings (SSSR count). The molecular formula is C31H36F3N11O5. The Balaban J connectivity index is 0.000000561. The third-order valence-corrected chi connectivity index (χ3v) is 8.67. The number of aliphatic hydroxyl groups is 2. The van der Waals surface area contributed by atoms with Crippen LogP contribution in [-0.4, -0.2) is 118 Å². The number of imidazole rings is 1. The number of hydrogen-bond donors (Lipinski definition) is 4. The molecule has 50 heavy (non-hydrogen) atoms. The number of fused-ring (bicyclic) bond motifs is 2. The lowest BCUT2D eigenvalue weighted by molar-refractivity contribution is -0.192. The molecule has 0 radical (unpaired) electrons. The minimum absolute atomic E-state index is 0.208. The Bertz CT molecular complexity index is 1960. The average molecular weight is 700 g/mol. The first-order valence-corrected chi connectivity index (χ1v) is 15.8. The number of tetrazole rings is 1. The molecule has 19 heteroatoms. The van der Waals surface area contributed by atoms with Gasteiger partial charge in [-0.25, -0.2) is 9.78 Å². The van der Waals surface area contributed by atoms with Gasteiger partial charge < -0.3 is 35.2 Å². The predicted octanol–water partition coefficient (Wildman–Crippen LogP) is 2.36. The van der Waals surface area contributed by atoms with Crippen LogP contribution in [0.4, 0.5) is 24.9 Å². The lowest BCUT2D eigenvalue weighted by Gasteiger charge is -2.22. The molecule has 2 aliphatic rings. The van der Waals surface area contributed by atoms with Gasteiger partial charge in [-0.2, -0.15) is 27.9 Å². The van der Waals surface area contributed by atoms with Gasteiger partial charge in [0, 0.05) is 25.7 Å². The maximum absolute atomic E-state index is 11.1. The molecule has 5 aromatic rings. The predicted molar refractivity (Wildman–Crippen MR) is 173 cm³/mol. The number of rotatable bonds is 8. The van der Waals surface area contributed by atoms with Crippen molar-refractivity contribution in [2.75, 3.05) is 37.4 Å². The van der Waals surface area contributed by atoms with Crippen LogP contribution in [0.5, 0.6) is 0 Å². The van der Waals surface area contributed by atoms with Crippen molar-refractivity contribution < 1.29 is 38.0 Å². The second-order valence-electron chi connectivity index (χ2n) is 12.1. The largest absolute Gasteiger partial charge is 0.490 e. The molecule has 2 saturated heterocycles. The van der Waals surface area contributed by atoms with Crippen molar-refractivity contribution in [2.24, 2.45) is 0 Å². The summed E-state index contributed by atoms with van der Waals surface area (Å²) >= 11 is 0. The number of aromatic nitrogens is 8. The summed E-state index contributed by atoms with van der Waals surface area (Å²) in [6, 6.07) is 14.9. The lowest BCUT2D eigenvalue weighted by atomic mass is 10.0. The monoisotopic (exact) mass is 699 g/mol. The number of carboxylic acids is 1. The van der Waals surface area contributed by atoms with Gasteiger partial charge in [0.1, 0.15) is 12.2 Å². The lowest BCUT2D eigenvalue weighted by Crippen LogP contribution is -2.32. The molecule has 0 aliphatic carbocycles. The number of nitrogens with one attached hydrogen (secondary N) is 1. The third kappa shape index (κ3) is 7.02. The van der Waals surface area contributed by atoms with Crippen molar-refractivity contribution in [1.82, 2.24) is 44.6 Å². The van der Waals surface area contributed by atoms with E-state index in [0.29, 0.717) is 42.1 Å². The Labute approximate surface area is 283 Å². The molecule has 2 aromatic carbocycles. The Kier molecular flexibility index (Phi) is 9.83. The van der Waals surface area contributed by atoms with Crippen molar-refractivity contribution in [3.8, 4) is 0 Å². The number of carboxylic acid groups (broad SMARTS) is 1. The maximum atomic E-state index is 11.1.